The molecule has 1 atom stereocenters. The van der Waals surface area contributed by atoms with Crippen LogP contribution in [0.1, 0.15) is 30.1 Å². The van der Waals surface area contributed by atoms with E-state index in [-0.39, 0.29) is 18.6 Å². The Kier molecular flexibility index (Phi) is 6.22. The predicted molar refractivity (Wildman–Crippen MR) is 77.4 cm³/mol. The fraction of sp³-hybridized carbons (Fsp3) is 0.417. The Labute approximate surface area is 120 Å². The van der Waals surface area contributed by atoms with Crippen molar-refractivity contribution in [1.82, 2.24) is 5.32 Å². The molecule has 2 N–H and O–H groups in total. The Hall–Kier alpha value is -0.330. The summed E-state index contributed by atoms with van der Waals surface area (Å²) in [5, 5.41) is 12.3. The van der Waals surface area contributed by atoms with Crippen molar-refractivity contribution in [3.8, 4) is 0 Å². The fourth-order valence-corrected chi connectivity index (χ4v) is 1.96. The van der Waals surface area contributed by atoms with E-state index >= 15 is 0 Å². The highest BCUT2D eigenvalue weighted by Crippen LogP contribution is 2.19. The number of benzene rings is 1. The van der Waals surface area contributed by atoms with E-state index in [2.05, 4.69) is 27.9 Å². The van der Waals surface area contributed by atoms with Crippen LogP contribution in [0, 0.1) is 3.57 Å². The van der Waals surface area contributed by atoms with E-state index in [0.717, 1.165) is 9.99 Å². The van der Waals surface area contributed by atoms with Gasteiger partial charge >= 0.3 is 0 Å². The minimum atomic E-state index is -0.149. The van der Waals surface area contributed by atoms with Gasteiger partial charge in [0.1, 0.15) is 0 Å². The van der Waals surface area contributed by atoms with Gasteiger partial charge in [-0.05, 0) is 53.6 Å². The second-order valence-electron chi connectivity index (χ2n) is 3.72. The van der Waals surface area contributed by atoms with Gasteiger partial charge in [-0.15, -0.1) is 0 Å². The Morgan fingerprint density at radius 2 is 2.29 bits per heavy atom. The van der Waals surface area contributed by atoms with Crippen LogP contribution < -0.4 is 5.32 Å². The van der Waals surface area contributed by atoms with Crippen molar-refractivity contribution in [3.63, 3.8) is 0 Å². The highest BCUT2D eigenvalue weighted by Gasteiger charge is 2.12. The van der Waals surface area contributed by atoms with E-state index in [1.54, 1.807) is 12.1 Å². The molecule has 0 saturated heterocycles. The zero-order valence-electron chi connectivity index (χ0n) is 9.54. The number of aliphatic hydroxyl groups excluding tert-OH is 1. The van der Waals surface area contributed by atoms with Crippen LogP contribution in [0.2, 0.25) is 5.02 Å². The van der Waals surface area contributed by atoms with Gasteiger partial charge in [0.25, 0.3) is 5.91 Å². The van der Waals surface area contributed by atoms with Crippen LogP contribution in [0.3, 0.4) is 0 Å². The number of amides is 1. The van der Waals surface area contributed by atoms with E-state index in [1.165, 1.54) is 0 Å². The molecule has 1 rings (SSSR count). The SMILES string of the molecule is CCC(CCO)NC(=O)c1ccc(I)c(Cl)c1. The normalized spacial score (nSPS) is 12.2. The number of hydrogen-bond acceptors (Lipinski definition) is 2. The van der Waals surface area contributed by atoms with E-state index in [0.29, 0.717) is 17.0 Å². The standard InChI is InChI=1S/C12H15ClINO2/c1-2-9(5-6-16)15-12(17)8-3-4-11(14)10(13)7-8/h3-4,7,9,16H,2,5-6H2,1H3,(H,15,17). The summed E-state index contributed by atoms with van der Waals surface area (Å²) in [5.74, 6) is -0.149. The first-order valence-corrected chi connectivity index (χ1v) is 6.91. The molecule has 1 unspecified atom stereocenters. The minimum Gasteiger partial charge on any atom is -0.396 e. The summed E-state index contributed by atoms with van der Waals surface area (Å²) in [6.45, 7) is 2.05. The number of nitrogens with one attached hydrogen (secondary N) is 1. The summed E-state index contributed by atoms with van der Waals surface area (Å²) in [5.41, 5.74) is 0.548. The molecule has 0 aromatic heterocycles. The minimum absolute atomic E-state index is 0.00514. The van der Waals surface area contributed by atoms with Crippen molar-refractivity contribution in [2.24, 2.45) is 0 Å². The molecule has 0 radical (unpaired) electrons. The first-order chi connectivity index (χ1) is 8.08. The predicted octanol–water partition coefficient (Wildman–Crippen LogP) is 2.84. The van der Waals surface area contributed by atoms with Crippen LogP contribution >= 0.6 is 34.2 Å². The number of rotatable bonds is 5. The second-order valence-corrected chi connectivity index (χ2v) is 5.29. The van der Waals surface area contributed by atoms with Gasteiger partial charge in [0.05, 0.1) is 5.02 Å². The molecule has 0 bridgehead atoms. The molecule has 0 spiro atoms. The monoisotopic (exact) mass is 367 g/mol. The van der Waals surface area contributed by atoms with Crippen molar-refractivity contribution >= 4 is 40.1 Å². The molecule has 94 valence electrons. The van der Waals surface area contributed by atoms with Crippen LogP contribution in [0.4, 0.5) is 0 Å². The van der Waals surface area contributed by atoms with Gasteiger partial charge in [0.15, 0.2) is 0 Å². The molecule has 17 heavy (non-hydrogen) atoms. The lowest BCUT2D eigenvalue weighted by Gasteiger charge is -2.15. The molecular formula is C12H15ClINO2. The van der Waals surface area contributed by atoms with Crippen LogP contribution in [-0.2, 0) is 0 Å². The number of aliphatic hydroxyl groups is 1. The average Bonchev–Trinajstić information content (AvgIpc) is 2.31. The lowest BCUT2D eigenvalue weighted by molar-refractivity contribution is 0.0929. The van der Waals surface area contributed by atoms with Crippen molar-refractivity contribution < 1.29 is 9.90 Å². The molecule has 1 aromatic carbocycles. The average molecular weight is 368 g/mol. The van der Waals surface area contributed by atoms with Crippen molar-refractivity contribution in [2.75, 3.05) is 6.61 Å². The third-order valence-corrected chi connectivity index (χ3v) is 4.06. The maximum Gasteiger partial charge on any atom is 0.251 e. The largest absolute Gasteiger partial charge is 0.396 e. The molecule has 0 aliphatic carbocycles. The van der Waals surface area contributed by atoms with Crippen molar-refractivity contribution in [1.29, 1.82) is 0 Å². The van der Waals surface area contributed by atoms with E-state index < -0.39 is 0 Å². The zero-order valence-corrected chi connectivity index (χ0v) is 12.5. The molecule has 0 fully saturated rings. The maximum absolute atomic E-state index is 11.9. The van der Waals surface area contributed by atoms with Gasteiger partial charge in [0.2, 0.25) is 0 Å². The molecule has 0 saturated carbocycles. The first-order valence-electron chi connectivity index (χ1n) is 5.45. The molecule has 1 amide bonds. The zero-order chi connectivity index (χ0) is 12.8. The van der Waals surface area contributed by atoms with Gasteiger partial charge in [-0.25, -0.2) is 0 Å². The molecular weight excluding hydrogens is 352 g/mol. The number of hydrogen-bond donors (Lipinski definition) is 2. The van der Waals surface area contributed by atoms with Gasteiger partial charge in [-0.1, -0.05) is 18.5 Å². The Morgan fingerprint density at radius 3 is 2.82 bits per heavy atom. The van der Waals surface area contributed by atoms with Gasteiger partial charge in [0, 0.05) is 21.8 Å². The van der Waals surface area contributed by atoms with Crippen LogP contribution in [0.5, 0.6) is 0 Å². The second kappa shape index (κ2) is 7.18. The smallest absolute Gasteiger partial charge is 0.251 e. The summed E-state index contributed by atoms with van der Waals surface area (Å²) in [7, 11) is 0. The van der Waals surface area contributed by atoms with E-state index in [4.69, 9.17) is 16.7 Å². The molecule has 3 nitrogen and oxygen atoms in total. The molecule has 0 aliphatic rings. The summed E-state index contributed by atoms with van der Waals surface area (Å²) in [6.07, 6.45) is 1.37. The summed E-state index contributed by atoms with van der Waals surface area (Å²) in [6, 6.07) is 5.22. The third-order valence-electron chi connectivity index (χ3n) is 2.49. The Balaban J connectivity index is 2.72. The fourth-order valence-electron chi connectivity index (χ4n) is 1.44. The Morgan fingerprint density at radius 1 is 1.59 bits per heavy atom. The van der Waals surface area contributed by atoms with Gasteiger partial charge < -0.3 is 10.4 Å². The summed E-state index contributed by atoms with van der Waals surface area (Å²) >= 11 is 8.08. The van der Waals surface area contributed by atoms with Gasteiger partial charge in [-0.2, -0.15) is 0 Å². The van der Waals surface area contributed by atoms with E-state index in [9.17, 15) is 4.79 Å². The summed E-state index contributed by atoms with van der Waals surface area (Å²) in [4.78, 5) is 11.9. The highest BCUT2D eigenvalue weighted by molar-refractivity contribution is 14.1. The molecule has 0 heterocycles. The lowest BCUT2D eigenvalue weighted by atomic mass is 10.1. The topological polar surface area (TPSA) is 49.3 Å². The number of carbonyl (C=O) groups excluding carboxylic acids is 1. The van der Waals surface area contributed by atoms with Crippen LogP contribution in [-0.4, -0.2) is 23.7 Å². The number of halogens is 2. The number of carbonyl (C=O) groups is 1. The van der Waals surface area contributed by atoms with Gasteiger partial charge in [-0.3, -0.25) is 4.79 Å². The molecule has 5 heteroatoms. The van der Waals surface area contributed by atoms with Crippen molar-refractivity contribution in [3.05, 3.63) is 32.4 Å². The maximum atomic E-state index is 11.9. The summed E-state index contributed by atoms with van der Waals surface area (Å²) < 4.78 is 0.920. The van der Waals surface area contributed by atoms with E-state index in [1.807, 2.05) is 13.0 Å². The Bertz CT molecular complexity index is 398. The van der Waals surface area contributed by atoms with Crippen LogP contribution in [0.25, 0.3) is 0 Å². The highest BCUT2D eigenvalue weighted by atomic mass is 127. The quantitative estimate of drug-likeness (QED) is 0.786. The third kappa shape index (κ3) is 4.44. The van der Waals surface area contributed by atoms with Crippen molar-refractivity contribution in [2.45, 2.75) is 25.8 Å². The molecule has 1 aromatic rings. The van der Waals surface area contributed by atoms with Crippen LogP contribution in [0.15, 0.2) is 18.2 Å². The first kappa shape index (κ1) is 14.7. The molecule has 0 aliphatic heterocycles. The lowest BCUT2D eigenvalue weighted by Crippen LogP contribution is -2.35.